The van der Waals surface area contributed by atoms with Gasteiger partial charge in [0.15, 0.2) is 0 Å². The van der Waals surface area contributed by atoms with Gasteiger partial charge in [0.25, 0.3) is 0 Å². The van der Waals surface area contributed by atoms with Gasteiger partial charge in [-0.2, -0.15) is 0 Å². The summed E-state index contributed by atoms with van der Waals surface area (Å²) in [5, 5.41) is 0. The second kappa shape index (κ2) is 6.17. The maximum absolute atomic E-state index is 5.54. The standard InChI is InChI=1S/C11H24N2/c1-5-7-8-9-10(13-12)11(3,4)6-2/h5,10,13H,1,6-9,12H2,2-4H3. The Balaban J connectivity index is 3.94. The van der Waals surface area contributed by atoms with Gasteiger partial charge in [-0.3, -0.25) is 11.3 Å². The van der Waals surface area contributed by atoms with Gasteiger partial charge in [-0.25, -0.2) is 0 Å². The van der Waals surface area contributed by atoms with Gasteiger partial charge in [-0.1, -0.05) is 26.8 Å². The van der Waals surface area contributed by atoms with Gasteiger partial charge in [0.2, 0.25) is 0 Å². The molecule has 1 unspecified atom stereocenters. The van der Waals surface area contributed by atoms with Crippen LogP contribution >= 0.6 is 0 Å². The van der Waals surface area contributed by atoms with E-state index in [0.717, 1.165) is 19.3 Å². The van der Waals surface area contributed by atoms with Crippen LogP contribution in [0.2, 0.25) is 0 Å². The van der Waals surface area contributed by atoms with Crippen molar-refractivity contribution in [2.75, 3.05) is 0 Å². The molecule has 3 N–H and O–H groups in total. The van der Waals surface area contributed by atoms with E-state index in [1.807, 2.05) is 6.08 Å². The number of unbranched alkanes of at least 4 members (excludes halogenated alkanes) is 1. The second-order valence-corrected chi connectivity index (χ2v) is 4.28. The Kier molecular flexibility index (Phi) is 6.00. The van der Waals surface area contributed by atoms with Gasteiger partial charge in [-0.15, -0.1) is 6.58 Å². The third-order valence-corrected chi connectivity index (χ3v) is 2.96. The normalized spacial score (nSPS) is 14.2. The maximum atomic E-state index is 5.54. The number of hydrazine groups is 1. The van der Waals surface area contributed by atoms with Gasteiger partial charge in [0.1, 0.15) is 0 Å². The van der Waals surface area contributed by atoms with Crippen molar-refractivity contribution in [1.82, 2.24) is 5.43 Å². The Labute approximate surface area is 82.6 Å². The first-order valence-electron chi connectivity index (χ1n) is 5.15. The lowest BCUT2D eigenvalue weighted by molar-refractivity contribution is 0.219. The molecule has 0 radical (unpaired) electrons. The third kappa shape index (κ3) is 4.44. The molecule has 2 heteroatoms. The van der Waals surface area contributed by atoms with E-state index in [9.17, 15) is 0 Å². The molecule has 0 aliphatic heterocycles. The van der Waals surface area contributed by atoms with E-state index in [0.29, 0.717) is 6.04 Å². The summed E-state index contributed by atoms with van der Waals surface area (Å²) >= 11 is 0. The molecule has 78 valence electrons. The molecule has 0 aromatic heterocycles. The highest BCUT2D eigenvalue weighted by Crippen LogP contribution is 2.27. The summed E-state index contributed by atoms with van der Waals surface area (Å²) in [4.78, 5) is 0. The summed E-state index contributed by atoms with van der Waals surface area (Å²) in [6.45, 7) is 10.4. The van der Waals surface area contributed by atoms with Crippen LogP contribution in [0.5, 0.6) is 0 Å². The highest BCUT2D eigenvalue weighted by molar-refractivity contribution is 4.82. The molecule has 0 aliphatic carbocycles. The zero-order valence-corrected chi connectivity index (χ0v) is 9.27. The van der Waals surface area contributed by atoms with E-state index < -0.39 is 0 Å². The van der Waals surface area contributed by atoms with Crippen LogP contribution in [0.25, 0.3) is 0 Å². The van der Waals surface area contributed by atoms with Gasteiger partial charge >= 0.3 is 0 Å². The summed E-state index contributed by atoms with van der Waals surface area (Å²) in [5.74, 6) is 5.54. The van der Waals surface area contributed by atoms with Crippen LogP contribution in [0.4, 0.5) is 0 Å². The molecule has 2 nitrogen and oxygen atoms in total. The van der Waals surface area contributed by atoms with Crippen molar-refractivity contribution in [2.24, 2.45) is 11.3 Å². The minimum atomic E-state index is 0.288. The number of hydrogen-bond acceptors (Lipinski definition) is 2. The quantitative estimate of drug-likeness (QED) is 0.276. The van der Waals surface area contributed by atoms with Crippen molar-refractivity contribution in [2.45, 2.75) is 52.5 Å². The number of hydrogen-bond donors (Lipinski definition) is 2. The van der Waals surface area contributed by atoms with Crippen molar-refractivity contribution in [3.63, 3.8) is 0 Å². The first-order chi connectivity index (χ1) is 6.08. The number of nitrogens with two attached hydrogens (primary N) is 1. The molecular formula is C11H24N2. The highest BCUT2D eigenvalue weighted by Gasteiger charge is 2.25. The lowest BCUT2D eigenvalue weighted by Crippen LogP contribution is -2.45. The minimum Gasteiger partial charge on any atom is -0.271 e. The van der Waals surface area contributed by atoms with E-state index in [1.165, 1.54) is 6.42 Å². The fourth-order valence-electron chi connectivity index (χ4n) is 1.41. The zero-order valence-electron chi connectivity index (χ0n) is 9.27. The molecule has 0 amide bonds. The van der Waals surface area contributed by atoms with E-state index in [-0.39, 0.29) is 5.41 Å². The molecular weight excluding hydrogens is 160 g/mol. The fourth-order valence-corrected chi connectivity index (χ4v) is 1.41. The largest absolute Gasteiger partial charge is 0.271 e. The predicted octanol–water partition coefficient (Wildman–Crippen LogP) is 2.61. The van der Waals surface area contributed by atoms with E-state index in [2.05, 4.69) is 32.8 Å². The van der Waals surface area contributed by atoms with Crippen LogP contribution in [0, 0.1) is 5.41 Å². The number of rotatable bonds is 7. The first kappa shape index (κ1) is 12.7. The van der Waals surface area contributed by atoms with Crippen molar-refractivity contribution in [3.05, 3.63) is 12.7 Å². The Bertz CT molecular complexity index is 141. The summed E-state index contributed by atoms with van der Waals surface area (Å²) in [5.41, 5.74) is 3.21. The summed E-state index contributed by atoms with van der Waals surface area (Å²) in [7, 11) is 0. The van der Waals surface area contributed by atoms with Gasteiger partial charge in [0.05, 0.1) is 0 Å². The van der Waals surface area contributed by atoms with Crippen LogP contribution in [0.15, 0.2) is 12.7 Å². The van der Waals surface area contributed by atoms with Gasteiger partial charge < -0.3 is 0 Å². The van der Waals surface area contributed by atoms with Crippen LogP contribution in [0.1, 0.15) is 46.5 Å². The zero-order chi connectivity index (χ0) is 10.3. The average Bonchev–Trinajstić information content (AvgIpc) is 2.12. The third-order valence-electron chi connectivity index (χ3n) is 2.96. The van der Waals surface area contributed by atoms with Crippen LogP contribution in [0.3, 0.4) is 0 Å². The monoisotopic (exact) mass is 184 g/mol. The van der Waals surface area contributed by atoms with Crippen LogP contribution < -0.4 is 11.3 Å². The van der Waals surface area contributed by atoms with Crippen molar-refractivity contribution in [1.29, 1.82) is 0 Å². The molecule has 0 aliphatic rings. The molecule has 0 spiro atoms. The molecule has 0 heterocycles. The SMILES string of the molecule is C=CCCCC(NN)C(C)(C)CC. The van der Waals surface area contributed by atoms with Crippen LogP contribution in [-0.4, -0.2) is 6.04 Å². The van der Waals surface area contributed by atoms with E-state index >= 15 is 0 Å². The van der Waals surface area contributed by atoms with Crippen molar-refractivity contribution in [3.8, 4) is 0 Å². The molecule has 0 fully saturated rings. The van der Waals surface area contributed by atoms with Crippen molar-refractivity contribution >= 4 is 0 Å². The molecule has 0 aromatic carbocycles. The Morgan fingerprint density at radius 1 is 1.54 bits per heavy atom. The molecule has 1 atom stereocenters. The lowest BCUT2D eigenvalue weighted by atomic mass is 9.80. The molecule has 0 saturated carbocycles. The highest BCUT2D eigenvalue weighted by atomic mass is 15.2. The van der Waals surface area contributed by atoms with Crippen molar-refractivity contribution < 1.29 is 0 Å². The van der Waals surface area contributed by atoms with Gasteiger partial charge in [-0.05, 0) is 31.1 Å². The average molecular weight is 184 g/mol. The molecule has 13 heavy (non-hydrogen) atoms. The smallest absolute Gasteiger partial charge is 0.0261 e. The second-order valence-electron chi connectivity index (χ2n) is 4.28. The molecule has 0 saturated heterocycles. The molecule has 0 rings (SSSR count). The van der Waals surface area contributed by atoms with Gasteiger partial charge in [0, 0.05) is 6.04 Å². The minimum absolute atomic E-state index is 0.288. The Morgan fingerprint density at radius 2 is 2.15 bits per heavy atom. The summed E-state index contributed by atoms with van der Waals surface area (Å²) in [6.07, 6.45) is 6.49. The number of nitrogens with one attached hydrogen (secondary N) is 1. The predicted molar refractivity (Wildman–Crippen MR) is 59.2 cm³/mol. The maximum Gasteiger partial charge on any atom is 0.0261 e. The van der Waals surface area contributed by atoms with E-state index in [4.69, 9.17) is 5.84 Å². The summed E-state index contributed by atoms with van der Waals surface area (Å²) < 4.78 is 0. The Hall–Kier alpha value is -0.340. The first-order valence-corrected chi connectivity index (χ1v) is 5.15. The Morgan fingerprint density at radius 3 is 2.54 bits per heavy atom. The van der Waals surface area contributed by atoms with Crippen LogP contribution in [-0.2, 0) is 0 Å². The topological polar surface area (TPSA) is 38.0 Å². The van der Waals surface area contributed by atoms with E-state index in [1.54, 1.807) is 0 Å². The fraction of sp³-hybridized carbons (Fsp3) is 0.818. The molecule has 0 aromatic rings. The lowest BCUT2D eigenvalue weighted by Gasteiger charge is -2.32. The summed E-state index contributed by atoms with van der Waals surface area (Å²) in [6, 6.07) is 0.414. The molecule has 0 bridgehead atoms. The number of allylic oxidation sites excluding steroid dienone is 1.